The zero-order chi connectivity index (χ0) is 10.1. The second kappa shape index (κ2) is 3.13. The molecule has 0 fully saturated rings. The van der Waals surface area contributed by atoms with Crippen molar-refractivity contribution in [1.82, 2.24) is 9.78 Å². The molecule has 2 heterocycles. The molecule has 0 saturated heterocycles. The molecule has 0 bridgehead atoms. The molecule has 74 valence electrons. The number of carbonyl (C=O) groups excluding carboxylic acids is 1. The molecule has 14 heavy (non-hydrogen) atoms. The molecule has 0 aromatic carbocycles. The average molecular weight is 194 g/mol. The van der Waals surface area contributed by atoms with Crippen molar-refractivity contribution < 1.29 is 14.7 Å². The predicted octanol–water partition coefficient (Wildman–Crippen LogP) is -1.34. The first-order valence-electron chi connectivity index (χ1n) is 4.09. The zero-order valence-corrected chi connectivity index (χ0v) is 7.51. The topological polar surface area (TPSA) is 79.5 Å². The quantitative estimate of drug-likeness (QED) is 0.583. The lowest BCUT2D eigenvalue weighted by molar-refractivity contribution is -0.315. The maximum Gasteiger partial charge on any atom is 0.172 e. The van der Waals surface area contributed by atoms with Crippen LogP contribution in [0.1, 0.15) is 12.0 Å². The average Bonchev–Trinajstić information content (AvgIpc) is 2.70. The summed E-state index contributed by atoms with van der Waals surface area (Å²) in [5.74, 6) is -1.24. The van der Waals surface area contributed by atoms with Crippen molar-refractivity contribution in [3.8, 4) is 0 Å². The van der Waals surface area contributed by atoms with Gasteiger partial charge in [-0.25, -0.2) is 0 Å². The van der Waals surface area contributed by atoms with Crippen LogP contribution in [0.25, 0.3) is 0 Å². The largest absolute Gasteiger partial charge is 0.546 e. The Bertz CT molecular complexity index is 396. The van der Waals surface area contributed by atoms with Crippen LogP contribution in [0.4, 0.5) is 0 Å². The second-order valence-corrected chi connectivity index (χ2v) is 3.06. The van der Waals surface area contributed by atoms with Gasteiger partial charge < -0.3 is 14.7 Å². The standard InChI is InChI=1S/C8H9N3O3/c1-11-4-5(3-9-11)6-2-7(8(12)13)14-10-6/h3-4,7H,2H2,1H3,(H,12,13)/p-1/t7-/m0/s1. The minimum absolute atomic E-state index is 0.230. The van der Waals surface area contributed by atoms with E-state index in [-0.39, 0.29) is 6.42 Å². The molecule has 0 spiro atoms. The van der Waals surface area contributed by atoms with Crippen LogP contribution in [0.3, 0.4) is 0 Å². The van der Waals surface area contributed by atoms with Gasteiger partial charge in [-0.05, 0) is 0 Å². The fraction of sp³-hybridized carbons (Fsp3) is 0.375. The van der Waals surface area contributed by atoms with Crippen LogP contribution in [0.5, 0.6) is 0 Å². The molecule has 1 aliphatic rings. The molecule has 0 aliphatic carbocycles. The number of nitrogens with zero attached hydrogens (tertiary/aromatic N) is 3. The van der Waals surface area contributed by atoms with Gasteiger partial charge in [-0.15, -0.1) is 0 Å². The Kier molecular flexibility index (Phi) is 1.95. The summed E-state index contributed by atoms with van der Waals surface area (Å²) in [5.41, 5.74) is 1.36. The maximum absolute atomic E-state index is 10.5. The second-order valence-electron chi connectivity index (χ2n) is 3.06. The van der Waals surface area contributed by atoms with Gasteiger partial charge in [-0.3, -0.25) is 4.68 Å². The van der Waals surface area contributed by atoms with E-state index < -0.39 is 12.1 Å². The summed E-state index contributed by atoms with van der Waals surface area (Å²) in [5, 5.41) is 18.1. The van der Waals surface area contributed by atoms with Crippen LogP contribution in [0, 0.1) is 0 Å². The number of aromatic nitrogens is 2. The molecule has 0 N–H and O–H groups in total. The number of hydrogen-bond acceptors (Lipinski definition) is 5. The third kappa shape index (κ3) is 1.46. The molecule has 0 amide bonds. The molecule has 6 nitrogen and oxygen atoms in total. The monoisotopic (exact) mass is 194 g/mol. The van der Waals surface area contributed by atoms with Gasteiger partial charge in [0.1, 0.15) is 0 Å². The lowest BCUT2D eigenvalue weighted by Crippen LogP contribution is -2.35. The van der Waals surface area contributed by atoms with Crippen LogP contribution in [0.15, 0.2) is 17.5 Å². The van der Waals surface area contributed by atoms with E-state index in [1.54, 1.807) is 24.1 Å². The van der Waals surface area contributed by atoms with E-state index in [1.807, 2.05) is 0 Å². The Morgan fingerprint density at radius 2 is 2.57 bits per heavy atom. The normalized spacial score (nSPS) is 20.4. The van der Waals surface area contributed by atoms with Gasteiger partial charge in [0.15, 0.2) is 6.10 Å². The van der Waals surface area contributed by atoms with Crippen LogP contribution >= 0.6 is 0 Å². The van der Waals surface area contributed by atoms with Crippen LogP contribution in [-0.4, -0.2) is 27.6 Å². The fourth-order valence-corrected chi connectivity index (χ4v) is 1.24. The molecule has 0 radical (unpaired) electrons. The molecule has 0 saturated carbocycles. The van der Waals surface area contributed by atoms with Crippen LogP contribution < -0.4 is 5.11 Å². The van der Waals surface area contributed by atoms with E-state index in [4.69, 9.17) is 0 Å². The van der Waals surface area contributed by atoms with Crippen molar-refractivity contribution in [2.75, 3.05) is 0 Å². The van der Waals surface area contributed by atoms with Gasteiger partial charge >= 0.3 is 0 Å². The SMILES string of the molecule is Cn1cc(C2=NO[C@H](C(=O)[O-])C2)cn1. The molecule has 1 aromatic rings. The predicted molar refractivity (Wildman–Crippen MR) is 44.2 cm³/mol. The number of aliphatic carboxylic acids is 1. The number of carbonyl (C=O) groups is 1. The maximum atomic E-state index is 10.5. The summed E-state index contributed by atoms with van der Waals surface area (Å²) in [7, 11) is 1.77. The van der Waals surface area contributed by atoms with Crippen molar-refractivity contribution in [3.05, 3.63) is 18.0 Å². The lowest BCUT2D eigenvalue weighted by atomic mass is 10.1. The molecule has 2 rings (SSSR count). The Hall–Kier alpha value is -1.85. The summed E-state index contributed by atoms with van der Waals surface area (Å²) >= 11 is 0. The van der Waals surface area contributed by atoms with E-state index in [0.29, 0.717) is 5.71 Å². The van der Waals surface area contributed by atoms with Crippen molar-refractivity contribution >= 4 is 11.7 Å². The van der Waals surface area contributed by atoms with Crippen LogP contribution in [0.2, 0.25) is 0 Å². The van der Waals surface area contributed by atoms with Crippen molar-refractivity contribution in [2.45, 2.75) is 12.5 Å². The summed E-state index contributed by atoms with van der Waals surface area (Å²) in [6.45, 7) is 0. The van der Waals surface area contributed by atoms with Gasteiger partial charge in [0.05, 0.1) is 17.9 Å². The highest BCUT2D eigenvalue weighted by molar-refractivity contribution is 6.02. The van der Waals surface area contributed by atoms with Crippen molar-refractivity contribution in [1.29, 1.82) is 0 Å². The van der Waals surface area contributed by atoms with Crippen molar-refractivity contribution in [3.63, 3.8) is 0 Å². The third-order valence-electron chi connectivity index (χ3n) is 1.97. The van der Waals surface area contributed by atoms with E-state index >= 15 is 0 Å². The number of carboxylic acids is 1. The van der Waals surface area contributed by atoms with E-state index in [1.165, 1.54) is 0 Å². The number of carboxylic acid groups (broad SMARTS) is 1. The van der Waals surface area contributed by atoms with Gasteiger partial charge in [-0.1, -0.05) is 5.16 Å². The number of rotatable bonds is 2. The number of hydrogen-bond donors (Lipinski definition) is 0. The van der Waals surface area contributed by atoms with E-state index in [2.05, 4.69) is 15.1 Å². The van der Waals surface area contributed by atoms with Gasteiger partial charge in [0, 0.05) is 25.2 Å². The number of aryl methyl sites for hydroxylation is 1. The highest BCUT2D eigenvalue weighted by Crippen LogP contribution is 2.15. The van der Waals surface area contributed by atoms with E-state index in [0.717, 1.165) is 5.56 Å². The van der Waals surface area contributed by atoms with Crippen LogP contribution in [-0.2, 0) is 16.7 Å². The number of oxime groups is 1. The molecule has 1 aliphatic heterocycles. The van der Waals surface area contributed by atoms with Gasteiger partial charge in [0.2, 0.25) is 0 Å². The van der Waals surface area contributed by atoms with E-state index in [9.17, 15) is 9.90 Å². The Morgan fingerprint density at radius 1 is 1.79 bits per heavy atom. The first-order valence-corrected chi connectivity index (χ1v) is 4.09. The molecule has 6 heteroatoms. The highest BCUT2D eigenvalue weighted by Gasteiger charge is 2.23. The smallest absolute Gasteiger partial charge is 0.172 e. The lowest BCUT2D eigenvalue weighted by Gasteiger charge is -2.06. The summed E-state index contributed by atoms with van der Waals surface area (Å²) in [4.78, 5) is 15.1. The Labute approximate surface area is 79.8 Å². The first-order chi connectivity index (χ1) is 6.66. The molecule has 1 atom stereocenters. The minimum atomic E-state index is -1.24. The molecular weight excluding hydrogens is 186 g/mol. The third-order valence-corrected chi connectivity index (χ3v) is 1.97. The van der Waals surface area contributed by atoms with Gasteiger partial charge in [-0.2, -0.15) is 5.10 Å². The Morgan fingerprint density at radius 3 is 3.07 bits per heavy atom. The van der Waals surface area contributed by atoms with Crippen molar-refractivity contribution in [2.24, 2.45) is 12.2 Å². The first kappa shape index (κ1) is 8.74. The fourth-order valence-electron chi connectivity index (χ4n) is 1.24. The molecular formula is C8H8N3O3-. The Balaban J connectivity index is 2.12. The minimum Gasteiger partial charge on any atom is -0.546 e. The molecule has 1 aromatic heterocycles. The summed E-state index contributed by atoms with van der Waals surface area (Å²) in [6.07, 6.45) is 2.62. The summed E-state index contributed by atoms with van der Waals surface area (Å²) in [6, 6.07) is 0. The zero-order valence-electron chi connectivity index (χ0n) is 7.51. The van der Waals surface area contributed by atoms with Gasteiger partial charge in [0.25, 0.3) is 0 Å². The highest BCUT2D eigenvalue weighted by atomic mass is 16.7. The molecule has 0 unspecified atom stereocenters. The summed E-state index contributed by atoms with van der Waals surface area (Å²) < 4.78 is 1.62.